The van der Waals surface area contributed by atoms with E-state index in [1.165, 1.54) is 18.0 Å². The Morgan fingerprint density at radius 2 is 1.87 bits per heavy atom. The molecule has 0 atom stereocenters. The van der Waals surface area contributed by atoms with Crippen LogP contribution in [-0.2, 0) is 4.79 Å². The lowest BCUT2D eigenvalue weighted by Gasteiger charge is -2.14. The number of carbonyl (C=O) groups is 2. The third kappa shape index (κ3) is 6.47. The van der Waals surface area contributed by atoms with Crippen LogP contribution in [0.1, 0.15) is 22.8 Å². The molecule has 5 aromatic rings. The number of hydrazone groups is 1. The van der Waals surface area contributed by atoms with Crippen molar-refractivity contribution in [2.45, 2.75) is 11.3 Å². The topological polar surface area (TPSA) is 89.9 Å². The molecule has 0 unspecified atom stereocenters. The minimum atomic E-state index is -0.493. The van der Waals surface area contributed by atoms with E-state index in [2.05, 4.69) is 31.4 Å². The number of hydrogen-bond acceptors (Lipinski definition) is 8. The molecule has 0 bridgehead atoms. The van der Waals surface area contributed by atoms with Gasteiger partial charge in [-0.05, 0) is 69.5 Å². The SMILES string of the molecule is CCOc1cc(/C=N\NC(=O)CSc2nc3ccccc3s2)cc(Br)c1OC(=O)c1cccc2ccccc12. The van der Waals surface area contributed by atoms with E-state index in [1.54, 1.807) is 29.5 Å². The lowest BCUT2D eigenvalue weighted by atomic mass is 10.0. The van der Waals surface area contributed by atoms with Gasteiger partial charge in [0.2, 0.25) is 0 Å². The lowest BCUT2D eigenvalue weighted by Crippen LogP contribution is -2.19. The zero-order chi connectivity index (χ0) is 27.2. The molecule has 1 amide bonds. The van der Waals surface area contributed by atoms with E-state index < -0.39 is 5.97 Å². The number of nitrogens with one attached hydrogen (secondary N) is 1. The highest BCUT2D eigenvalue weighted by Crippen LogP contribution is 2.37. The van der Waals surface area contributed by atoms with Crippen LogP contribution in [0.25, 0.3) is 21.0 Å². The first kappa shape index (κ1) is 26.9. The fourth-order valence-electron chi connectivity index (χ4n) is 3.83. The summed E-state index contributed by atoms with van der Waals surface area (Å²) in [5.74, 6) is 0.0875. The average Bonchev–Trinajstić information content (AvgIpc) is 3.37. The summed E-state index contributed by atoms with van der Waals surface area (Å²) in [5.41, 5.74) is 4.56. The van der Waals surface area contributed by atoms with Crippen LogP contribution >= 0.6 is 39.0 Å². The van der Waals surface area contributed by atoms with Gasteiger partial charge in [-0.2, -0.15) is 5.10 Å². The minimum absolute atomic E-state index is 0.189. The molecule has 0 saturated carbocycles. The van der Waals surface area contributed by atoms with Crippen LogP contribution in [0.5, 0.6) is 11.5 Å². The molecule has 0 aliphatic rings. The number of hydrogen-bond donors (Lipinski definition) is 1. The number of thiazole rings is 1. The molecule has 0 fully saturated rings. The van der Waals surface area contributed by atoms with Crippen molar-refractivity contribution in [2.24, 2.45) is 5.10 Å². The molecule has 7 nitrogen and oxygen atoms in total. The summed E-state index contributed by atoms with van der Waals surface area (Å²) in [7, 11) is 0. The Balaban J connectivity index is 1.25. The molecule has 0 spiro atoms. The number of esters is 1. The Kier molecular flexibility index (Phi) is 8.55. The molecule has 0 aliphatic heterocycles. The van der Waals surface area contributed by atoms with Crippen molar-refractivity contribution in [3.05, 3.63) is 94.5 Å². The van der Waals surface area contributed by atoms with Gasteiger partial charge in [0, 0.05) is 0 Å². The van der Waals surface area contributed by atoms with Gasteiger partial charge in [0.15, 0.2) is 15.8 Å². The Hall–Kier alpha value is -3.73. The largest absolute Gasteiger partial charge is 0.490 e. The predicted molar refractivity (Wildman–Crippen MR) is 160 cm³/mol. The molecule has 0 saturated heterocycles. The molecule has 1 aromatic heterocycles. The fraction of sp³-hybridized carbons (Fsp3) is 0.103. The number of ether oxygens (including phenoxy) is 2. The molecule has 4 aromatic carbocycles. The molecular weight excluding hydrogens is 598 g/mol. The van der Waals surface area contributed by atoms with Crippen LogP contribution in [0.15, 0.2) is 92.8 Å². The van der Waals surface area contributed by atoms with E-state index in [0.717, 1.165) is 25.3 Å². The van der Waals surface area contributed by atoms with E-state index in [-0.39, 0.29) is 17.4 Å². The highest BCUT2D eigenvalue weighted by Gasteiger charge is 2.19. The maximum atomic E-state index is 13.1. The summed E-state index contributed by atoms with van der Waals surface area (Å²) >= 11 is 6.40. The Labute approximate surface area is 241 Å². The molecule has 1 N–H and O–H groups in total. The van der Waals surface area contributed by atoms with Gasteiger partial charge in [0.05, 0.1) is 38.8 Å². The van der Waals surface area contributed by atoms with Crippen LogP contribution in [0.4, 0.5) is 0 Å². The number of fused-ring (bicyclic) bond motifs is 2. The summed E-state index contributed by atoms with van der Waals surface area (Å²) in [6.45, 7) is 2.21. The smallest absolute Gasteiger partial charge is 0.344 e. The molecule has 0 radical (unpaired) electrons. The van der Waals surface area contributed by atoms with Gasteiger partial charge in [0.1, 0.15) is 0 Å². The fourth-order valence-corrected chi connectivity index (χ4v) is 6.23. The van der Waals surface area contributed by atoms with Crippen molar-refractivity contribution in [2.75, 3.05) is 12.4 Å². The maximum absolute atomic E-state index is 13.1. The predicted octanol–water partition coefficient (Wildman–Crippen LogP) is 7.07. The Morgan fingerprint density at radius 3 is 2.72 bits per heavy atom. The van der Waals surface area contributed by atoms with Gasteiger partial charge in [-0.1, -0.05) is 60.3 Å². The highest BCUT2D eigenvalue weighted by atomic mass is 79.9. The van der Waals surface area contributed by atoms with Gasteiger partial charge < -0.3 is 9.47 Å². The van der Waals surface area contributed by atoms with E-state index in [9.17, 15) is 9.59 Å². The zero-order valence-electron chi connectivity index (χ0n) is 20.7. The van der Waals surface area contributed by atoms with Gasteiger partial charge in [-0.15, -0.1) is 11.3 Å². The monoisotopic (exact) mass is 619 g/mol. The van der Waals surface area contributed by atoms with Crippen molar-refractivity contribution in [3.63, 3.8) is 0 Å². The average molecular weight is 621 g/mol. The molecule has 196 valence electrons. The van der Waals surface area contributed by atoms with Crippen LogP contribution in [0, 0.1) is 0 Å². The van der Waals surface area contributed by atoms with Gasteiger partial charge in [-0.3, -0.25) is 4.79 Å². The maximum Gasteiger partial charge on any atom is 0.344 e. The van der Waals surface area contributed by atoms with Crippen LogP contribution < -0.4 is 14.9 Å². The Morgan fingerprint density at radius 1 is 1.08 bits per heavy atom. The third-order valence-electron chi connectivity index (χ3n) is 5.54. The van der Waals surface area contributed by atoms with E-state index in [0.29, 0.717) is 28.0 Å². The van der Waals surface area contributed by atoms with Gasteiger partial charge in [-0.25, -0.2) is 15.2 Å². The number of thioether (sulfide) groups is 1. The molecule has 0 aliphatic carbocycles. The van der Waals surface area contributed by atoms with Gasteiger partial charge >= 0.3 is 5.97 Å². The summed E-state index contributed by atoms with van der Waals surface area (Å²) in [6.07, 6.45) is 1.50. The second-order valence-corrected chi connectivity index (χ2v) is 11.3. The quantitative estimate of drug-likeness (QED) is 0.0624. The second-order valence-electron chi connectivity index (χ2n) is 8.21. The molecule has 5 rings (SSSR count). The van der Waals surface area contributed by atoms with Crippen molar-refractivity contribution in [3.8, 4) is 11.5 Å². The van der Waals surface area contributed by atoms with E-state index in [1.807, 2.05) is 67.6 Å². The van der Waals surface area contributed by atoms with Crippen LogP contribution in [-0.4, -0.2) is 35.4 Å². The second kappa shape index (κ2) is 12.4. The summed E-state index contributed by atoms with van der Waals surface area (Å²) in [5, 5.41) is 5.83. The number of carbonyl (C=O) groups excluding carboxylic acids is 2. The summed E-state index contributed by atoms with van der Waals surface area (Å²) in [6, 6.07) is 24.4. The van der Waals surface area contributed by atoms with Crippen molar-refractivity contribution >= 4 is 78.1 Å². The lowest BCUT2D eigenvalue weighted by molar-refractivity contribution is -0.118. The van der Waals surface area contributed by atoms with E-state index >= 15 is 0 Å². The number of amides is 1. The van der Waals surface area contributed by atoms with E-state index in [4.69, 9.17) is 9.47 Å². The van der Waals surface area contributed by atoms with Crippen LogP contribution in [0.2, 0.25) is 0 Å². The zero-order valence-corrected chi connectivity index (χ0v) is 23.9. The minimum Gasteiger partial charge on any atom is -0.490 e. The molecule has 39 heavy (non-hydrogen) atoms. The first-order chi connectivity index (χ1) is 19.0. The molecule has 1 heterocycles. The standard InChI is InChI=1S/C29H22BrN3O4S2/c1-2-36-24-15-18(16-31-33-26(34)17-38-29-32-23-12-5-6-13-25(23)39-29)14-22(30)27(24)37-28(35)21-11-7-9-19-8-3-4-10-20(19)21/h3-16H,2,17H2,1H3,(H,33,34)/b31-16-. The number of benzene rings is 4. The molecule has 10 heteroatoms. The number of rotatable bonds is 9. The first-order valence-electron chi connectivity index (χ1n) is 12.0. The third-order valence-corrected chi connectivity index (χ3v) is 8.31. The number of halogens is 1. The van der Waals surface area contributed by atoms with Crippen molar-refractivity contribution in [1.29, 1.82) is 0 Å². The Bertz CT molecular complexity index is 1660. The van der Waals surface area contributed by atoms with Crippen molar-refractivity contribution < 1.29 is 19.1 Å². The van der Waals surface area contributed by atoms with Crippen LogP contribution in [0.3, 0.4) is 0 Å². The van der Waals surface area contributed by atoms with Crippen molar-refractivity contribution in [1.82, 2.24) is 10.4 Å². The normalized spacial score (nSPS) is 11.2. The highest BCUT2D eigenvalue weighted by molar-refractivity contribution is 9.10. The number of nitrogens with zero attached hydrogens (tertiary/aromatic N) is 2. The summed E-state index contributed by atoms with van der Waals surface area (Å²) < 4.78 is 14.0. The molecular formula is C29H22BrN3O4S2. The van der Waals surface area contributed by atoms with Gasteiger partial charge in [0.25, 0.3) is 5.91 Å². The summed E-state index contributed by atoms with van der Waals surface area (Å²) in [4.78, 5) is 29.9. The number of aromatic nitrogens is 1. The first-order valence-corrected chi connectivity index (χ1v) is 14.6. The number of para-hydroxylation sites is 1.